The molecule has 0 spiro atoms. The number of nitrogens with one attached hydrogen (secondary N) is 1. The molecule has 0 unspecified atom stereocenters. The Morgan fingerprint density at radius 2 is 1.88 bits per heavy atom. The summed E-state index contributed by atoms with van der Waals surface area (Å²) in [5, 5.41) is 7.64. The second kappa shape index (κ2) is 3.03. The molecular formula is C10H9N5O2. The van der Waals surface area contributed by atoms with E-state index in [0.717, 1.165) is 4.57 Å². The van der Waals surface area contributed by atoms with Gasteiger partial charge in [-0.1, -0.05) is 0 Å². The molecule has 3 rings (SSSR count). The molecule has 0 atom stereocenters. The zero-order valence-electron chi connectivity index (χ0n) is 9.26. The van der Waals surface area contributed by atoms with Crippen molar-refractivity contribution in [3.63, 3.8) is 0 Å². The Kier molecular flexibility index (Phi) is 1.74. The summed E-state index contributed by atoms with van der Waals surface area (Å²) in [5.41, 5.74) is 0.396. The lowest BCUT2D eigenvalue weighted by Gasteiger charge is -2.07. The number of nitrogens with zero attached hydrogens (tertiary/aromatic N) is 4. The van der Waals surface area contributed by atoms with Crippen molar-refractivity contribution in [3.05, 3.63) is 33.2 Å². The minimum absolute atomic E-state index is 0.348. The first-order valence-corrected chi connectivity index (χ1v) is 4.99. The first kappa shape index (κ1) is 9.76. The van der Waals surface area contributed by atoms with E-state index in [0.29, 0.717) is 21.9 Å². The second-order valence-electron chi connectivity index (χ2n) is 3.86. The normalized spacial score (nSPS) is 11.4. The predicted molar refractivity (Wildman–Crippen MR) is 61.9 cm³/mol. The predicted octanol–water partition coefficient (Wildman–Crippen LogP) is -0.492. The fourth-order valence-electron chi connectivity index (χ4n) is 1.99. The highest BCUT2D eigenvalue weighted by Gasteiger charge is 2.12. The Balaban J connectivity index is 2.79. The second-order valence-corrected chi connectivity index (χ2v) is 3.86. The summed E-state index contributed by atoms with van der Waals surface area (Å²) in [6, 6.07) is 0. The minimum atomic E-state index is -0.365. The molecule has 0 radical (unpaired) electrons. The van der Waals surface area contributed by atoms with Gasteiger partial charge >= 0.3 is 5.69 Å². The number of hydrogen-bond acceptors (Lipinski definition) is 4. The van der Waals surface area contributed by atoms with Crippen molar-refractivity contribution >= 4 is 21.9 Å². The van der Waals surface area contributed by atoms with Crippen LogP contribution in [0.2, 0.25) is 0 Å². The third kappa shape index (κ3) is 1.10. The number of H-pyrrole nitrogens is 1. The van der Waals surface area contributed by atoms with Crippen molar-refractivity contribution in [3.8, 4) is 0 Å². The van der Waals surface area contributed by atoms with E-state index in [-0.39, 0.29) is 11.2 Å². The average Bonchev–Trinajstić information content (AvgIpc) is 2.80. The van der Waals surface area contributed by atoms with E-state index in [2.05, 4.69) is 15.2 Å². The fourth-order valence-corrected chi connectivity index (χ4v) is 1.99. The Morgan fingerprint density at radius 3 is 2.65 bits per heavy atom. The van der Waals surface area contributed by atoms with Crippen LogP contribution in [0.5, 0.6) is 0 Å². The quantitative estimate of drug-likeness (QED) is 0.565. The van der Waals surface area contributed by atoms with Crippen molar-refractivity contribution in [1.82, 2.24) is 24.3 Å². The highest BCUT2D eigenvalue weighted by atomic mass is 16.2. The number of aromatic nitrogens is 5. The molecule has 86 valence electrons. The standard InChI is InChI=1S/C10H9N5O2/c1-14-7-5-4-12-13-8(5)11-3-6(7)9(16)15(2)10(14)17/h3-4H,1-2H3,(H,11,12,13). The van der Waals surface area contributed by atoms with Gasteiger partial charge in [0.2, 0.25) is 0 Å². The van der Waals surface area contributed by atoms with Gasteiger partial charge in [-0.15, -0.1) is 0 Å². The van der Waals surface area contributed by atoms with E-state index < -0.39 is 0 Å². The molecule has 1 N–H and O–H groups in total. The molecular weight excluding hydrogens is 222 g/mol. The number of fused-ring (bicyclic) bond motifs is 3. The molecule has 0 saturated heterocycles. The maximum Gasteiger partial charge on any atom is 0.330 e. The van der Waals surface area contributed by atoms with Crippen molar-refractivity contribution in [2.24, 2.45) is 14.1 Å². The number of aryl methyl sites for hydroxylation is 1. The average molecular weight is 231 g/mol. The van der Waals surface area contributed by atoms with Gasteiger partial charge in [-0.25, -0.2) is 9.78 Å². The van der Waals surface area contributed by atoms with Gasteiger partial charge in [0.15, 0.2) is 5.65 Å². The van der Waals surface area contributed by atoms with Gasteiger partial charge in [-0.05, 0) is 0 Å². The highest BCUT2D eigenvalue weighted by molar-refractivity contribution is 6.01. The summed E-state index contributed by atoms with van der Waals surface area (Å²) in [4.78, 5) is 27.9. The Morgan fingerprint density at radius 1 is 1.12 bits per heavy atom. The molecule has 0 aliphatic rings. The molecule has 17 heavy (non-hydrogen) atoms. The molecule has 3 aromatic rings. The summed E-state index contributed by atoms with van der Waals surface area (Å²) < 4.78 is 2.49. The molecule has 7 heteroatoms. The zero-order chi connectivity index (χ0) is 12.2. The number of aromatic amines is 1. The van der Waals surface area contributed by atoms with Crippen LogP contribution in [-0.4, -0.2) is 24.3 Å². The van der Waals surface area contributed by atoms with Gasteiger partial charge in [0.25, 0.3) is 5.56 Å². The fraction of sp³-hybridized carbons (Fsp3) is 0.200. The molecule has 0 aliphatic heterocycles. The van der Waals surface area contributed by atoms with Crippen LogP contribution in [-0.2, 0) is 14.1 Å². The van der Waals surface area contributed by atoms with Crippen LogP contribution < -0.4 is 11.2 Å². The molecule has 0 aliphatic carbocycles. The monoisotopic (exact) mass is 231 g/mol. The third-order valence-corrected chi connectivity index (χ3v) is 2.90. The maximum atomic E-state index is 11.9. The van der Waals surface area contributed by atoms with Crippen LogP contribution in [0, 0.1) is 0 Å². The molecule has 0 aromatic carbocycles. The minimum Gasteiger partial charge on any atom is -0.295 e. The van der Waals surface area contributed by atoms with E-state index >= 15 is 0 Å². The first-order valence-electron chi connectivity index (χ1n) is 4.99. The van der Waals surface area contributed by atoms with Crippen LogP contribution >= 0.6 is 0 Å². The topological polar surface area (TPSA) is 85.6 Å². The van der Waals surface area contributed by atoms with Crippen LogP contribution in [0.1, 0.15) is 0 Å². The van der Waals surface area contributed by atoms with Gasteiger partial charge in [-0.2, -0.15) is 5.10 Å². The number of rotatable bonds is 0. The van der Waals surface area contributed by atoms with Gasteiger partial charge < -0.3 is 0 Å². The molecule has 7 nitrogen and oxygen atoms in total. The first-order chi connectivity index (χ1) is 8.11. The van der Waals surface area contributed by atoms with Crippen molar-refractivity contribution in [2.75, 3.05) is 0 Å². The Bertz CT molecular complexity index is 855. The van der Waals surface area contributed by atoms with E-state index in [4.69, 9.17) is 0 Å². The Hall–Kier alpha value is -2.44. The molecule has 0 saturated carbocycles. The SMILES string of the molecule is Cn1c(=O)c2cnc3[nH]ncc3c2n(C)c1=O. The van der Waals surface area contributed by atoms with E-state index in [1.54, 1.807) is 13.2 Å². The smallest absolute Gasteiger partial charge is 0.295 e. The van der Waals surface area contributed by atoms with Crippen LogP contribution in [0.3, 0.4) is 0 Å². The number of hydrogen-bond donors (Lipinski definition) is 1. The summed E-state index contributed by atoms with van der Waals surface area (Å²) >= 11 is 0. The van der Waals surface area contributed by atoms with Gasteiger partial charge in [0, 0.05) is 20.3 Å². The zero-order valence-corrected chi connectivity index (χ0v) is 9.26. The largest absolute Gasteiger partial charge is 0.330 e. The highest BCUT2D eigenvalue weighted by Crippen LogP contribution is 2.17. The van der Waals surface area contributed by atoms with Crippen LogP contribution in [0.15, 0.2) is 22.0 Å². The van der Waals surface area contributed by atoms with Crippen molar-refractivity contribution < 1.29 is 0 Å². The van der Waals surface area contributed by atoms with E-state index in [1.807, 2.05) is 0 Å². The third-order valence-electron chi connectivity index (χ3n) is 2.90. The van der Waals surface area contributed by atoms with Crippen LogP contribution in [0.25, 0.3) is 21.9 Å². The van der Waals surface area contributed by atoms with E-state index in [1.165, 1.54) is 17.8 Å². The summed E-state index contributed by atoms with van der Waals surface area (Å²) in [7, 11) is 3.07. The molecule has 0 fully saturated rings. The van der Waals surface area contributed by atoms with Crippen molar-refractivity contribution in [1.29, 1.82) is 0 Å². The van der Waals surface area contributed by atoms with Crippen molar-refractivity contribution in [2.45, 2.75) is 0 Å². The lowest BCUT2D eigenvalue weighted by atomic mass is 10.2. The lowest BCUT2D eigenvalue weighted by Crippen LogP contribution is -2.37. The Labute approximate surface area is 94.3 Å². The summed E-state index contributed by atoms with van der Waals surface area (Å²) in [5.74, 6) is 0. The van der Waals surface area contributed by atoms with E-state index in [9.17, 15) is 9.59 Å². The molecule has 0 amide bonds. The molecule has 3 heterocycles. The maximum absolute atomic E-state index is 11.9. The lowest BCUT2D eigenvalue weighted by molar-refractivity contribution is 0.714. The van der Waals surface area contributed by atoms with Gasteiger partial charge in [0.05, 0.1) is 22.5 Å². The molecule has 0 bridgehead atoms. The summed E-state index contributed by atoms with van der Waals surface area (Å²) in [6.45, 7) is 0. The summed E-state index contributed by atoms with van der Waals surface area (Å²) in [6.07, 6.45) is 3.02. The van der Waals surface area contributed by atoms with Gasteiger partial charge in [0.1, 0.15) is 0 Å². The van der Waals surface area contributed by atoms with Gasteiger partial charge in [-0.3, -0.25) is 19.0 Å². The molecule has 3 aromatic heterocycles. The van der Waals surface area contributed by atoms with Crippen LogP contribution in [0.4, 0.5) is 0 Å². The number of pyridine rings is 1.